The molecule has 0 aliphatic carbocycles. The summed E-state index contributed by atoms with van der Waals surface area (Å²) in [6, 6.07) is 6.47. The number of hydrogen-bond donors (Lipinski definition) is 1. The quantitative estimate of drug-likeness (QED) is 0.754. The third-order valence-electron chi connectivity index (χ3n) is 3.07. The van der Waals surface area contributed by atoms with Gasteiger partial charge in [0.15, 0.2) is 0 Å². The molecule has 1 aromatic carbocycles. The smallest absolute Gasteiger partial charge is 0.144 e. The first-order valence-electron chi connectivity index (χ1n) is 5.42. The first-order chi connectivity index (χ1) is 7.22. The molecule has 0 saturated carbocycles. The summed E-state index contributed by atoms with van der Waals surface area (Å²) in [7, 11) is 1.69. The van der Waals surface area contributed by atoms with Gasteiger partial charge in [-0.1, -0.05) is 0 Å². The van der Waals surface area contributed by atoms with Crippen LogP contribution in [-0.4, -0.2) is 19.7 Å². The molecule has 2 N–H and O–H groups in total. The summed E-state index contributed by atoms with van der Waals surface area (Å²) in [6.45, 7) is 3.37. The number of anilines is 2. The van der Waals surface area contributed by atoms with Gasteiger partial charge in [-0.15, -0.1) is 0 Å². The molecule has 0 spiro atoms. The number of rotatable bonds is 2. The molecule has 0 bridgehead atoms. The van der Waals surface area contributed by atoms with E-state index in [0.29, 0.717) is 6.04 Å². The zero-order chi connectivity index (χ0) is 10.8. The molecule has 1 saturated heterocycles. The van der Waals surface area contributed by atoms with E-state index in [0.717, 1.165) is 23.7 Å². The number of nitrogen functional groups attached to an aromatic ring is 1. The third-order valence-corrected chi connectivity index (χ3v) is 3.07. The van der Waals surface area contributed by atoms with E-state index in [1.807, 2.05) is 12.1 Å². The highest BCUT2D eigenvalue weighted by atomic mass is 16.5. The van der Waals surface area contributed by atoms with Crippen molar-refractivity contribution in [2.75, 3.05) is 24.3 Å². The Morgan fingerprint density at radius 2 is 2.27 bits per heavy atom. The highest BCUT2D eigenvalue weighted by Gasteiger charge is 2.22. The molecule has 3 heteroatoms. The molecule has 2 rings (SSSR count). The first-order valence-corrected chi connectivity index (χ1v) is 5.42. The SMILES string of the molecule is COc1cc(N)ccc1N1CCC[C@@H]1C. The van der Waals surface area contributed by atoms with Gasteiger partial charge in [-0.2, -0.15) is 0 Å². The van der Waals surface area contributed by atoms with Crippen molar-refractivity contribution >= 4 is 11.4 Å². The van der Waals surface area contributed by atoms with E-state index >= 15 is 0 Å². The molecule has 1 aliphatic heterocycles. The van der Waals surface area contributed by atoms with Crippen LogP contribution >= 0.6 is 0 Å². The molecule has 82 valence electrons. The molecular weight excluding hydrogens is 188 g/mol. The van der Waals surface area contributed by atoms with Crippen molar-refractivity contribution in [3.8, 4) is 5.75 Å². The van der Waals surface area contributed by atoms with Gasteiger partial charge in [0, 0.05) is 24.3 Å². The van der Waals surface area contributed by atoms with Crippen molar-refractivity contribution < 1.29 is 4.74 Å². The van der Waals surface area contributed by atoms with E-state index < -0.39 is 0 Å². The Morgan fingerprint density at radius 3 is 2.87 bits per heavy atom. The highest BCUT2D eigenvalue weighted by Crippen LogP contribution is 2.34. The molecular formula is C12H18N2O. The lowest BCUT2D eigenvalue weighted by molar-refractivity contribution is 0.414. The van der Waals surface area contributed by atoms with Gasteiger partial charge in [0.05, 0.1) is 12.8 Å². The van der Waals surface area contributed by atoms with Crippen molar-refractivity contribution in [1.82, 2.24) is 0 Å². The van der Waals surface area contributed by atoms with Crippen molar-refractivity contribution in [2.24, 2.45) is 0 Å². The van der Waals surface area contributed by atoms with Gasteiger partial charge in [-0.05, 0) is 31.9 Å². The van der Waals surface area contributed by atoms with Crippen LogP contribution in [0.4, 0.5) is 11.4 Å². The van der Waals surface area contributed by atoms with E-state index in [-0.39, 0.29) is 0 Å². The number of methoxy groups -OCH3 is 1. The minimum atomic E-state index is 0.600. The Kier molecular flexibility index (Phi) is 2.71. The van der Waals surface area contributed by atoms with Gasteiger partial charge in [0.2, 0.25) is 0 Å². The van der Waals surface area contributed by atoms with Crippen molar-refractivity contribution in [3.05, 3.63) is 18.2 Å². The fraction of sp³-hybridized carbons (Fsp3) is 0.500. The minimum Gasteiger partial charge on any atom is -0.495 e. The lowest BCUT2D eigenvalue weighted by atomic mass is 10.2. The predicted octanol–water partition coefficient (Wildman–Crippen LogP) is 2.27. The zero-order valence-electron chi connectivity index (χ0n) is 9.36. The van der Waals surface area contributed by atoms with Gasteiger partial charge >= 0.3 is 0 Å². The second-order valence-corrected chi connectivity index (χ2v) is 4.12. The molecule has 0 unspecified atom stereocenters. The van der Waals surface area contributed by atoms with E-state index in [4.69, 9.17) is 10.5 Å². The van der Waals surface area contributed by atoms with E-state index in [2.05, 4.69) is 17.9 Å². The zero-order valence-corrected chi connectivity index (χ0v) is 9.36. The monoisotopic (exact) mass is 206 g/mol. The van der Waals surface area contributed by atoms with Gasteiger partial charge in [0.1, 0.15) is 5.75 Å². The summed E-state index contributed by atoms with van der Waals surface area (Å²) in [6.07, 6.45) is 2.52. The maximum absolute atomic E-state index is 5.74. The Balaban J connectivity index is 2.34. The lowest BCUT2D eigenvalue weighted by Crippen LogP contribution is -2.26. The maximum Gasteiger partial charge on any atom is 0.144 e. The largest absolute Gasteiger partial charge is 0.495 e. The van der Waals surface area contributed by atoms with E-state index in [9.17, 15) is 0 Å². The molecule has 3 nitrogen and oxygen atoms in total. The molecule has 1 aliphatic rings. The first kappa shape index (κ1) is 10.1. The molecule has 15 heavy (non-hydrogen) atoms. The second-order valence-electron chi connectivity index (χ2n) is 4.12. The summed E-state index contributed by atoms with van der Waals surface area (Å²) in [4.78, 5) is 2.39. The number of nitrogens with zero attached hydrogens (tertiary/aromatic N) is 1. The predicted molar refractivity (Wildman–Crippen MR) is 63.4 cm³/mol. The van der Waals surface area contributed by atoms with Crippen LogP contribution in [0.3, 0.4) is 0 Å². The van der Waals surface area contributed by atoms with E-state index in [1.165, 1.54) is 12.8 Å². The summed E-state index contributed by atoms with van der Waals surface area (Å²) < 4.78 is 5.37. The van der Waals surface area contributed by atoms with Crippen LogP contribution in [0.15, 0.2) is 18.2 Å². The minimum absolute atomic E-state index is 0.600. The Bertz CT molecular complexity index is 351. The van der Waals surface area contributed by atoms with Gasteiger partial charge in [-0.3, -0.25) is 0 Å². The maximum atomic E-state index is 5.74. The van der Waals surface area contributed by atoms with Crippen LogP contribution in [0.1, 0.15) is 19.8 Å². The van der Waals surface area contributed by atoms with Crippen LogP contribution in [-0.2, 0) is 0 Å². The molecule has 1 heterocycles. The standard InChI is InChI=1S/C12H18N2O/c1-9-4-3-7-14(9)11-6-5-10(13)8-12(11)15-2/h5-6,8-9H,3-4,7,13H2,1-2H3/t9-/m0/s1. The molecule has 0 aromatic heterocycles. The molecule has 0 amide bonds. The van der Waals surface area contributed by atoms with E-state index in [1.54, 1.807) is 7.11 Å². The average molecular weight is 206 g/mol. The topological polar surface area (TPSA) is 38.5 Å². The normalized spacial score (nSPS) is 20.7. The molecule has 1 aromatic rings. The Morgan fingerprint density at radius 1 is 1.47 bits per heavy atom. The number of hydrogen-bond acceptors (Lipinski definition) is 3. The fourth-order valence-electron chi connectivity index (χ4n) is 2.22. The van der Waals surface area contributed by atoms with Crippen molar-refractivity contribution in [1.29, 1.82) is 0 Å². The Labute approximate surface area is 90.8 Å². The molecule has 1 atom stereocenters. The second kappa shape index (κ2) is 4.01. The number of nitrogens with two attached hydrogens (primary N) is 1. The summed E-state index contributed by atoms with van der Waals surface area (Å²) in [5.74, 6) is 0.878. The molecule has 0 radical (unpaired) electrons. The van der Waals surface area contributed by atoms with Gasteiger partial charge in [0.25, 0.3) is 0 Å². The average Bonchev–Trinajstić information content (AvgIpc) is 2.64. The number of ether oxygens (including phenoxy) is 1. The van der Waals surface area contributed by atoms with Gasteiger partial charge in [-0.25, -0.2) is 0 Å². The fourth-order valence-corrected chi connectivity index (χ4v) is 2.22. The lowest BCUT2D eigenvalue weighted by Gasteiger charge is -2.25. The summed E-state index contributed by atoms with van der Waals surface area (Å²) >= 11 is 0. The highest BCUT2D eigenvalue weighted by molar-refractivity contribution is 5.64. The number of benzene rings is 1. The Hall–Kier alpha value is -1.38. The summed E-state index contributed by atoms with van der Waals surface area (Å²) in [5.41, 5.74) is 7.65. The molecule has 1 fully saturated rings. The van der Waals surface area contributed by atoms with Crippen LogP contribution in [0.25, 0.3) is 0 Å². The van der Waals surface area contributed by atoms with Crippen LogP contribution < -0.4 is 15.4 Å². The summed E-state index contributed by atoms with van der Waals surface area (Å²) in [5, 5.41) is 0. The van der Waals surface area contributed by atoms with Crippen LogP contribution in [0, 0.1) is 0 Å². The third kappa shape index (κ3) is 1.87. The van der Waals surface area contributed by atoms with Crippen molar-refractivity contribution in [2.45, 2.75) is 25.8 Å². The van der Waals surface area contributed by atoms with Crippen LogP contribution in [0.2, 0.25) is 0 Å². The van der Waals surface area contributed by atoms with Crippen molar-refractivity contribution in [3.63, 3.8) is 0 Å². The van der Waals surface area contributed by atoms with Gasteiger partial charge < -0.3 is 15.4 Å². The van der Waals surface area contributed by atoms with Crippen LogP contribution in [0.5, 0.6) is 5.75 Å².